The number of para-hydroxylation sites is 2. The van der Waals surface area contributed by atoms with Crippen molar-refractivity contribution in [2.75, 3.05) is 53.5 Å². The summed E-state index contributed by atoms with van der Waals surface area (Å²) in [4.78, 5) is 16.8. The van der Waals surface area contributed by atoms with Crippen LogP contribution in [0.5, 0.6) is 0 Å². The Labute approximate surface area is 359 Å². The van der Waals surface area contributed by atoms with Crippen molar-refractivity contribution in [3.63, 3.8) is 0 Å². The molecule has 2 aliphatic rings. The minimum atomic E-state index is -1.53. The lowest BCUT2D eigenvalue weighted by atomic mass is 10.1. The van der Waals surface area contributed by atoms with E-state index in [4.69, 9.17) is 19.2 Å². The van der Waals surface area contributed by atoms with Crippen molar-refractivity contribution in [2.45, 2.75) is 63.6 Å². The van der Waals surface area contributed by atoms with E-state index in [0.717, 1.165) is 96.9 Å². The maximum Gasteiger partial charge on any atom is 0.196 e. The van der Waals surface area contributed by atoms with Crippen LogP contribution in [0.3, 0.4) is 0 Å². The quantitative estimate of drug-likeness (QED) is 0.0744. The predicted octanol–water partition coefficient (Wildman–Crippen LogP) is 9.82. The Kier molecular flexibility index (Phi) is 14.6. The first-order valence-electron chi connectivity index (χ1n) is 19.8. The number of nitrogens with one attached hydrogen (secondary N) is 1. The average molecular weight is 974 g/mol. The molecule has 0 spiro atoms. The number of aromatic nitrogens is 4. The molecule has 6 aromatic rings. The van der Waals surface area contributed by atoms with Crippen molar-refractivity contribution in [1.29, 1.82) is 0 Å². The number of hydrogen-bond donors (Lipinski definition) is 1. The monoisotopic (exact) mass is 972 g/mol. The van der Waals surface area contributed by atoms with Crippen LogP contribution in [0, 0.1) is 21.0 Å². The Bertz CT molecular complexity index is 2290. The maximum atomic E-state index is 14.2. The van der Waals surface area contributed by atoms with Gasteiger partial charge >= 0.3 is 0 Å². The average Bonchev–Trinajstić information content (AvgIpc) is 3.81. The smallest absolute Gasteiger partial charge is 0.196 e. The first-order chi connectivity index (χ1) is 28.1. The molecule has 8 rings (SSSR count). The normalized spacial score (nSPS) is 17.1. The zero-order chi connectivity index (χ0) is 40.8. The molecule has 0 aliphatic carbocycles. The number of likely N-dealkylation sites (tertiary alicyclic amines) is 2. The minimum Gasteiger partial charge on any atom is -0.380 e. The molecule has 2 fully saturated rings. The first kappa shape index (κ1) is 42.7. The van der Waals surface area contributed by atoms with E-state index in [1.807, 2.05) is 37.3 Å². The standard InChI is InChI=1S/C24H30IN3O2.C20H19BrF3N3O/c1-3-29-16-15-28-22-10-5-4-9-21(22)26-24(28)23(18-7-6-8-19(25)17-18)30-20-11-13-27(2)14-12-20;1-27-7-5-13(6-8-27)28-19(11-3-2-4-12(21)9-11)20-25-15-10-14(22)16(23)17(24)18(15)26-20/h4-10,17,20,23H,3,11-16H2,1-2H3;2-4,9-10,13,19H,5-8H2,1H3,(H,25,26). The molecule has 0 amide bonds. The van der Waals surface area contributed by atoms with Crippen molar-refractivity contribution < 1.29 is 27.4 Å². The van der Waals surface area contributed by atoms with Gasteiger partial charge in [0, 0.05) is 53.4 Å². The van der Waals surface area contributed by atoms with Crippen LogP contribution in [-0.2, 0) is 20.8 Å². The summed E-state index contributed by atoms with van der Waals surface area (Å²) in [5.41, 5.74) is 3.98. The van der Waals surface area contributed by atoms with Gasteiger partial charge in [0.25, 0.3) is 0 Å². The zero-order valence-corrected chi connectivity index (χ0v) is 36.7. The van der Waals surface area contributed by atoms with Crippen LogP contribution in [0.2, 0.25) is 0 Å². The summed E-state index contributed by atoms with van der Waals surface area (Å²) in [6.07, 6.45) is 3.27. The van der Waals surface area contributed by atoms with Crippen molar-refractivity contribution in [2.24, 2.45) is 0 Å². The van der Waals surface area contributed by atoms with Crippen LogP contribution in [0.15, 0.2) is 83.3 Å². The van der Waals surface area contributed by atoms with Crippen LogP contribution in [-0.4, -0.2) is 95.0 Å². The first-order valence-corrected chi connectivity index (χ1v) is 21.7. The van der Waals surface area contributed by atoms with E-state index in [-0.39, 0.29) is 29.3 Å². The lowest BCUT2D eigenvalue weighted by Gasteiger charge is -2.32. The van der Waals surface area contributed by atoms with Gasteiger partial charge in [-0.1, -0.05) is 52.3 Å². The largest absolute Gasteiger partial charge is 0.380 e. The summed E-state index contributed by atoms with van der Waals surface area (Å²) in [5, 5.41) is 0. The molecule has 4 heterocycles. The van der Waals surface area contributed by atoms with Crippen LogP contribution >= 0.6 is 38.5 Å². The van der Waals surface area contributed by atoms with Gasteiger partial charge in [0.2, 0.25) is 0 Å². The van der Waals surface area contributed by atoms with Gasteiger partial charge in [-0.25, -0.2) is 23.1 Å². The summed E-state index contributed by atoms with van der Waals surface area (Å²) >= 11 is 5.82. The Morgan fingerprint density at radius 1 is 0.793 bits per heavy atom. The number of rotatable bonds is 12. The second kappa shape index (κ2) is 19.8. The molecule has 0 bridgehead atoms. The van der Waals surface area contributed by atoms with E-state index in [2.05, 4.69) is 119 Å². The lowest BCUT2D eigenvalue weighted by molar-refractivity contribution is -0.0282. The maximum absolute atomic E-state index is 14.2. The van der Waals surface area contributed by atoms with Crippen LogP contribution in [0.25, 0.3) is 22.1 Å². The van der Waals surface area contributed by atoms with Gasteiger partial charge in [0.05, 0.1) is 35.4 Å². The molecule has 0 saturated carbocycles. The summed E-state index contributed by atoms with van der Waals surface area (Å²) < 4.78 is 64.5. The molecule has 0 radical (unpaired) electrons. The highest BCUT2D eigenvalue weighted by molar-refractivity contribution is 14.1. The van der Waals surface area contributed by atoms with Crippen molar-refractivity contribution in [3.05, 3.63) is 127 Å². The zero-order valence-electron chi connectivity index (χ0n) is 32.9. The number of aromatic amines is 1. The van der Waals surface area contributed by atoms with Crippen LogP contribution < -0.4 is 0 Å². The molecule has 1 N–H and O–H groups in total. The SMILES string of the molecule is CCOCCn1c(C(OC2CCN(C)CC2)c2cccc(I)c2)nc2ccccc21.CN1CCC(OC(c2cccc(Br)c2)c2nc3c(F)c(F)c(F)cc3[nH]2)CC1. The third-order valence-electron chi connectivity index (χ3n) is 10.8. The van der Waals surface area contributed by atoms with E-state index in [0.29, 0.717) is 19.0 Å². The highest BCUT2D eigenvalue weighted by Crippen LogP contribution is 2.34. The number of nitrogens with zero attached hydrogens (tertiary/aromatic N) is 5. The number of imidazole rings is 2. The Morgan fingerprint density at radius 2 is 1.43 bits per heavy atom. The van der Waals surface area contributed by atoms with E-state index in [1.165, 1.54) is 3.57 Å². The van der Waals surface area contributed by atoms with Gasteiger partial charge in [-0.3, -0.25) is 0 Å². The number of ether oxygens (including phenoxy) is 3. The van der Waals surface area contributed by atoms with E-state index >= 15 is 0 Å². The fraction of sp³-hybridized carbons (Fsp3) is 0.409. The van der Waals surface area contributed by atoms with Crippen LogP contribution in [0.1, 0.15) is 67.6 Å². The van der Waals surface area contributed by atoms with Crippen molar-refractivity contribution >= 4 is 60.6 Å². The number of halogens is 5. The van der Waals surface area contributed by atoms with Gasteiger partial charge in [-0.05, 0) is 117 Å². The predicted molar refractivity (Wildman–Crippen MR) is 232 cm³/mol. The molecule has 308 valence electrons. The highest BCUT2D eigenvalue weighted by Gasteiger charge is 2.29. The highest BCUT2D eigenvalue weighted by atomic mass is 127. The topological polar surface area (TPSA) is 80.7 Å². The van der Waals surface area contributed by atoms with Crippen molar-refractivity contribution in [1.82, 2.24) is 29.3 Å². The Morgan fingerprint density at radius 3 is 2.09 bits per heavy atom. The van der Waals surface area contributed by atoms with Crippen molar-refractivity contribution in [3.8, 4) is 0 Å². The molecular formula is C44H49BrF3IN6O3. The second-order valence-corrected chi connectivity index (χ2v) is 17.1. The molecule has 9 nitrogen and oxygen atoms in total. The molecule has 2 unspecified atom stereocenters. The summed E-state index contributed by atoms with van der Waals surface area (Å²) in [5.74, 6) is -2.80. The molecular weight excluding hydrogens is 924 g/mol. The molecule has 4 aromatic carbocycles. The van der Waals surface area contributed by atoms with E-state index in [9.17, 15) is 13.2 Å². The second-order valence-electron chi connectivity index (χ2n) is 15.0. The molecule has 14 heteroatoms. The van der Waals surface area contributed by atoms with Gasteiger partial charge in [-0.15, -0.1) is 0 Å². The molecule has 2 aliphatic heterocycles. The molecule has 2 saturated heterocycles. The number of fused-ring (bicyclic) bond motifs is 2. The van der Waals surface area contributed by atoms with E-state index < -0.39 is 23.6 Å². The summed E-state index contributed by atoms with van der Waals surface area (Å²) in [6.45, 7) is 8.16. The molecule has 2 atom stereocenters. The fourth-order valence-electron chi connectivity index (χ4n) is 7.59. The molecule has 2 aromatic heterocycles. The number of benzene rings is 4. The number of hydrogen-bond acceptors (Lipinski definition) is 7. The van der Waals surface area contributed by atoms with Gasteiger partial charge in [-0.2, -0.15) is 0 Å². The van der Waals surface area contributed by atoms with Gasteiger partial charge in [0.15, 0.2) is 17.5 Å². The third kappa shape index (κ3) is 10.3. The number of piperidine rings is 2. The van der Waals surface area contributed by atoms with E-state index in [1.54, 1.807) is 0 Å². The summed E-state index contributed by atoms with van der Waals surface area (Å²) in [7, 11) is 4.24. The lowest BCUT2D eigenvalue weighted by Crippen LogP contribution is -2.35. The fourth-order valence-corrected chi connectivity index (χ4v) is 8.57. The summed E-state index contributed by atoms with van der Waals surface area (Å²) in [6, 6.07) is 25.4. The third-order valence-corrected chi connectivity index (χ3v) is 11.9. The molecule has 58 heavy (non-hydrogen) atoms. The minimum absolute atomic E-state index is 0.00622. The Hall–Kier alpha value is -3.38. The Balaban J connectivity index is 0.000000177. The van der Waals surface area contributed by atoms with Gasteiger partial charge < -0.3 is 33.6 Å². The van der Waals surface area contributed by atoms with Crippen LogP contribution in [0.4, 0.5) is 13.2 Å². The number of H-pyrrole nitrogens is 1. The van der Waals surface area contributed by atoms with Gasteiger partial charge in [0.1, 0.15) is 29.4 Å².